The number of carbonyl (C=O) groups is 2. The Balaban J connectivity index is 1.80. The number of benzene rings is 1. The van der Waals surface area contributed by atoms with Crippen molar-refractivity contribution >= 4 is 17.4 Å². The number of ketones is 1. The standard InChI is InChI=1S/C17H17NO3/c1-11-9-17(8-7-15(19)14(11)10-17)16(20)18-12-3-5-13(21-2)6-4-12/h3-8,14H,1,9-10H2,2H3,(H,18,20)/t14-,17+/m1/s1. The molecule has 2 aliphatic carbocycles. The number of ether oxygens (including phenoxy) is 1. The average Bonchev–Trinajstić information content (AvgIpc) is 2.78. The van der Waals surface area contributed by atoms with E-state index >= 15 is 0 Å². The summed E-state index contributed by atoms with van der Waals surface area (Å²) in [5.41, 5.74) is 0.944. The van der Waals surface area contributed by atoms with Crippen LogP contribution in [0.25, 0.3) is 0 Å². The molecule has 1 saturated carbocycles. The minimum Gasteiger partial charge on any atom is -0.497 e. The summed E-state index contributed by atoms with van der Waals surface area (Å²) < 4.78 is 5.09. The van der Waals surface area contributed by atoms with Gasteiger partial charge in [0, 0.05) is 11.6 Å². The van der Waals surface area contributed by atoms with Gasteiger partial charge in [0.2, 0.25) is 5.91 Å². The fraction of sp³-hybridized carbons (Fsp3) is 0.294. The van der Waals surface area contributed by atoms with Crippen molar-refractivity contribution in [2.24, 2.45) is 11.3 Å². The molecule has 0 aliphatic heterocycles. The van der Waals surface area contributed by atoms with Crippen LogP contribution < -0.4 is 10.1 Å². The topological polar surface area (TPSA) is 55.4 Å². The number of nitrogens with one attached hydrogen (secondary N) is 1. The van der Waals surface area contributed by atoms with Crippen LogP contribution in [0.15, 0.2) is 48.6 Å². The van der Waals surface area contributed by atoms with Crippen LogP contribution in [0.1, 0.15) is 12.8 Å². The van der Waals surface area contributed by atoms with Gasteiger partial charge in [-0.3, -0.25) is 9.59 Å². The van der Waals surface area contributed by atoms with E-state index in [1.165, 1.54) is 6.08 Å². The minimum absolute atomic E-state index is 0.0605. The third-order valence-electron chi connectivity index (χ3n) is 4.31. The van der Waals surface area contributed by atoms with Crippen LogP contribution in [0.2, 0.25) is 0 Å². The molecule has 1 N–H and O–H groups in total. The molecule has 21 heavy (non-hydrogen) atoms. The van der Waals surface area contributed by atoms with Crippen LogP contribution >= 0.6 is 0 Å². The first-order chi connectivity index (χ1) is 10.0. The van der Waals surface area contributed by atoms with Gasteiger partial charge in [-0.05, 0) is 43.2 Å². The molecule has 0 heterocycles. The van der Waals surface area contributed by atoms with Gasteiger partial charge in [0.25, 0.3) is 0 Å². The third kappa shape index (κ3) is 2.27. The molecule has 0 unspecified atom stereocenters. The van der Waals surface area contributed by atoms with Crippen LogP contribution in [0.3, 0.4) is 0 Å². The number of anilines is 1. The van der Waals surface area contributed by atoms with E-state index in [1.54, 1.807) is 37.5 Å². The van der Waals surface area contributed by atoms with Gasteiger partial charge in [-0.25, -0.2) is 0 Å². The maximum absolute atomic E-state index is 12.6. The van der Waals surface area contributed by atoms with Gasteiger partial charge in [-0.1, -0.05) is 18.2 Å². The van der Waals surface area contributed by atoms with Crippen molar-refractivity contribution in [1.29, 1.82) is 0 Å². The zero-order valence-corrected chi connectivity index (χ0v) is 11.9. The van der Waals surface area contributed by atoms with Crippen molar-refractivity contribution < 1.29 is 14.3 Å². The number of hydrogen-bond donors (Lipinski definition) is 1. The van der Waals surface area contributed by atoms with Gasteiger partial charge in [0.1, 0.15) is 5.75 Å². The van der Waals surface area contributed by atoms with E-state index < -0.39 is 5.41 Å². The Hall–Kier alpha value is -2.36. The molecular formula is C17H17NO3. The molecule has 3 rings (SSSR count). The number of carbonyl (C=O) groups excluding carboxylic acids is 2. The second kappa shape index (κ2) is 4.88. The Bertz CT molecular complexity index is 645. The van der Waals surface area contributed by atoms with E-state index in [-0.39, 0.29) is 17.6 Å². The lowest BCUT2D eigenvalue weighted by atomic mass is 9.79. The zero-order chi connectivity index (χ0) is 15.0. The van der Waals surface area contributed by atoms with Crippen LogP contribution in [0, 0.1) is 11.3 Å². The summed E-state index contributed by atoms with van der Waals surface area (Å²) in [7, 11) is 1.60. The quantitative estimate of drug-likeness (QED) is 0.868. The Morgan fingerprint density at radius 2 is 2.10 bits per heavy atom. The van der Waals surface area contributed by atoms with E-state index in [9.17, 15) is 9.59 Å². The van der Waals surface area contributed by atoms with E-state index in [0.717, 1.165) is 17.0 Å². The fourth-order valence-electron chi connectivity index (χ4n) is 3.07. The van der Waals surface area contributed by atoms with Gasteiger partial charge in [-0.15, -0.1) is 0 Å². The SMILES string of the molecule is C=C1C[C@@]2(C(=O)Nc3ccc(OC)cc3)C=CC(=O)[C@@H]1C2. The Labute approximate surface area is 123 Å². The second-order valence-corrected chi connectivity index (χ2v) is 5.67. The minimum atomic E-state index is -0.629. The van der Waals surface area contributed by atoms with Crippen molar-refractivity contribution in [2.75, 3.05) is 12.4 Å². The molecule has 0 radical (unpaired) electrons. The highest BCUT2D eigenvalue weighted by atomic mass is 16.5. The molecule has 108 valence electrons. The third-order valence-corrected chi connectivity index (χ3v) is 4.31. The van der Waals surface area contributed by atoms with E-state index in [2.05, 4.69) is 11.9 Å². The summed E-state index contributed by atoms with van der Waals surface area (Å²) in [5.74, 6) is 0.519. The first-order valence-corrected chi connectivity index (χ1v) is 6.90. The summed E-state index contributed by atoms with van der Waals surface area (Å²) in [5, 5.41) is 2.92. The normalized spacial score (nSPS) is 26.8. The van der Waals surface area contributed by atoms with Crippen LogP contribution in [-0.2, 0) is 9.59 Å². The van der Waals surface area contributed by atoms with Gasteiger partial charge in [-0.2, -0.15) is 0 Å². The lowest BCUT2D eigenvalue weighted by Crippen LogP contribution is -2.34. The molecule has 2 bridgehead atoms. The van der Waals surface area contributed by atoms with Crippen molar-refractivity contribution in [1.82, 2.24) is 0 Å². The molecule has 0 spiro atoms. The molecule has 2 atom stereocenters. The molecule has 1 amide bonds. The number of amides is 1. The number of fused-ring (bicyclic) bond motifs is 2. The van der Waals surface area contributed by atoms with Gasteiger partial charge >= 0.3 is 0 Å². The van der Waals surface area contributed by atoms with Crippen LogP contribution in [0.4, 0.5) is 5.69 Å². The van der Waals surface area contributed by atoms with Crippen LogP contribution in [0.5, 0.6) is 5.75 Å². The molecule has 0 aromatic heterocycles. The van der Waals surface area contributed by atoms with Gasteiger partial charge in [0.05, 0.1) is 12.5 Å². The molecule has 1 fully saturated rings. The highest BCUT2D eigenvalue weighted by Crippen LogP contribution is 2.49. The molecular weight excluding hydrogens is 266 g/mol. The maximum atomic E-state index is 12.6. The maximum Gasteiger partial charge on any atom is 0.234 e. The lowest BCUT2D eigenvalue weighted by molar-refractivity contribution is -0.124. The Morgan fingerprint density at radius 1 is 1.38 bits per heavy atom. The number of rotatable bonds is 3. The number of allylic oxidation sites excluding steroid dienone is 2. The summed E-state index contributed by atoms with van der Waals surface area (Å²) in [6.07, 6.45) is 4.34. The summed E-state index contributed by atoms with van der Waals surface area (Å²) in [4.78, 5) is 24.4. The zero-order valence-electron chi connectivity index (χ0n) is 11.9. The molecule has 4 heteroatoms. The molecule has 0 saturated heterocycles. The highest BCUT2D eigenvalue weighted by molar-refractivity contribution is 6.03. The first kappa shape index (κ1) is 13.6. The largest absolute Gasteiger partial charge is 0.497 e. The highest BCUT2D eigenvalue weighted by Gasteiger charge is 2.49. The molecule has 2 aliphatic rings. The van der Waals surface area contributed by atoms with Crippen molar-refractivity contribution in [2.45, 2.75) is 12.8 Å². The average molecular weight is 283 g/mol. The van der Waals surface area contributed by atoms with E-state index in [1.807, 2.05) is 0 Å². The Kier molecular flexibility index (Phi) is 3.16. The number of hydrogen-bond acceptors (Lipinski definition) is 3. The van der Waals surface area contributed by atoms with Crippen molar-refractivity contribution in [3.05, 3.63) is 48.6 Å². The van der Waals surface area contributed by atoms with Gasteiger partial charge < -0.3 is 10.1 Å². The van der Waals surface area contributed by atoms with Crippen molar-refractivity contribution in [3.8, 4) is 5.75 Å². The fourth-order valence-corrected chi connectivity index (χ4v) is 3.07. The summed E-state index contributed by atoms with van der Waals surface area (Å²) in [6.45, 7) is 3.95. The summed E-state index contributed by atoms with van der Waals surface area (Å²) in [6, 6.07) is 7.19. The van der Waals surface area contributed by atoms with E-state index in [4.69, 9.17) is 4.74 Å². The van der Waals surface area contributed by atoms with Crippen LogP contribution in [-0.4, -0.2) is 18.8 Å². The predicted molar refractivity (Wildman–Crippen MR) is 80.1 cm³/mol. The first-order valence-electron chi connectivity index (χ1n) is 6.90. The number of methoxy groups -OCH3 is 1. The molecule has 1 aromatic rings. The summed E-state index contributed by atoms with van der Waals surface area (Å²) >= 11 is 0. The monoisotopic (exact) mass is 283 g/mol. The molecule has 1 aromatic carbocycles. The smallest absolute Gasteiger partial charge is 0.234 e. The molecule has 4 nitrogen and oxygen atoms in total. The van der Waals surface area contributed by atoms with Crippen molar-refractivity contribution in [3.63, 3.8) is 0 Å². The van der Waals surface area contributed by atoms with E-state index in [0.29, 0.717) is 12.8 Å². The van der Waals surface area contributed by atoms with Gasteiger partial charge in [0.15, 0.2) is 5.78 Å². The predicted octanol–water partition coefficient (Wildman–Crippen LogP) is 2.73. The second-order valence-electron chi connectivity index (χ2n) is 5.67. The lowest BCUT2D eigenvalue weighted by Gasteiger charge is -2.26. The Morgan fingerprint density at radius 3 is 2.76 bits per heavy atom.